The van der Waals surface area contributed by atoms with E-state index < -0.39 is 0 Å². The number of nitrogens with one attached hydrogen (secondary N) is 1. The predicted molar refractivity (Wildman–Crippen MR) is 154 cm³/mol. The number of rotatable bonds is 4. The molecule has 0 atom stereocenters. The summed E-state index contributed by atoms with van der Waals surface area (Å²) in [5.41, 5.74) is 7.41. The number of aliphatic imine (C=N–C) groups is 1. The number of carbonyl (C=O) groups excluding carboxylic acids is 1. The Labute approximate surface area is 225 Å². The van der Waals surface area contributed by atoms with Crippen molar-refractivity contribution in [3.8, 4) is 11.8 Å². The van der Waals surface area contributed by atoms with E-state index in [4.69, 9.17) is 4.74 Å². The van der Waals surface area contributed by atoms with Crippen molar-refractivity contribution in [1.29, 1.82) is 0 Å². The first kappa shape index (κ1) is 24.9. The van der Waals surface area contributed by atoms with Crippen LogP contribution < -0.4 is 4.90 Å². The molecule has 0 amide bonds. The van der Waals surface area contributed by atoms with Crippen molar-refractivity contribution in [2.45, 2.75) is 51.6 Å². The maximum Gasteiger partial charge on any atom is 0.195 e. The van der Waals surface area contributed by atoms with Crippen molar-refractivity contribution in [1.82, 2.24) is 9.88 Å². The average Bonchev–Trinajstić information content (AvgIpc) is 3.33. The third kappa shape index (κ3) is 4.05. The fraction of sp³-hybridized carbons (Fsp3) is 0.438. The van der Waals surface area contributed by atoms with Crippen LogP contribution in [0.5, 0.6) is 0 Å². The number of aromatic amines is 1. The zero-order valence-corrected chi connectivity index (χ0v) is 22.7. The average molecular weight is 509 g/mol. The molecule has 196 valence electrons. The molecule has 1 N–H and O–H groups in total. The molecule has 1 aromatic heterocycles. The fourth-order valence-corrected chi connectivity index (χ4v) is 6.65. The Morgan fingerprint density at radius 2 is 1.89 bits per heavy atom. The molecule has 6 heteroatoms. The number of ketones is 1. The van der Waals surface area contributed by atoms with Crippen molar-refractivity contribution in [3.63, 3.8) is 0 Å². The van der Waals surface area contributed by atoms with Gasteiger partial charge in [0.05, 0.1) is 31.0 Å². The van der Waals surface area contributed by atoms with Gasteiger partial charge in [0.2, 0.25) is 0 Å². The van der Waals surface area contributed by atoms with E-state index in [0.29, 0.717) is 12.6 Å². The standard InChI is InChI=1S/C32H36N4O2/c1-5-6-22-18-25-26(19-28(22)36-11-9-23(10-12-36)35-13-15-38-16-14-35)32(2,3)31-29(30(25)37)24-8-7-21(20-33-4)17-27(24)34-31/h7-8,17-19,23,34H,4,9-16,20H2,1-3H3. The van der Waals surface area contributed by atoms with Gasteiger partial charge in [0.15, 0.2) is 5.78 Å². The normalized spacial score (nSPS) is 19.6. The first-order valence-corrected chi connectivity index (χ1v) is 13.7. The molecule has 2 saturated heterocycles. The van der Waals surface area contributed by atoms with Crippen molar-refractivity contribution in [2.75, 3.05) is 44.3 Å². The minimum atomic E-state index is -0.354. The van der Waals surface area contributed by atoms with Crippen LogP contribution in [0.15, 0.2) is 35.3 Å². The fourth-order valence-electron chi connectivity index (χ4n) is 6.65. The van der Waals surface area contributed by atoms with E-state index in [1.54, 1.807) is 0 Å². The number of aromatic nitrogens is 1. The topological polar surface area (TPSA) is 60.9 Å². The second kappa shape index (κ2) is 9.72. The maximum atomic E-state index is 14.0. The van der Waals surface area contributed by atoms with Gasteiger partial charge in [-0.25, -0.2) is 0 Å². The van der Waals surface area contributed by atoms with Gasteiger partial charge in [0.1, 0.15) is 0 Å². The van der Waals surface area contributed by atoms with Crippen LogP contribution in [0.4, 0.5) is 5.69 Å². The summed E-state index contributed by atoms with van der Waals surface area (Å²) in [6, 6.07) is 11.1. The van der Waals surface area contributed by atoms with Gasteiger partial charge in [0.25, 0.3) is 0 Å². The van der Waals surface area contributed by atoms with Crippen LogP contribution in [-0.4, -0.2) is 67.8 Å². The van der Waals surface area contributed by atoms with Crippen molar-refractivity contribution in [2.24, 2.45) is 4.99 Å². The highest BCUT2D eigenvalue weighted by molar-refractivity contribution is 6.20. The van der Waals surface area contributed by atoms with Crippen molar-refractivity contribution in [3.05, 3.63) is 63.8 Å². The predicted octanol–water partition coefficient (Wildman–Crippen LogP) is 4.91. The lowest BCUT2D eigenvalue weighted by Gasteiger charge is -2.41. The highest BCUT2D eigenvalue weighted by Gasteiger charge is 2.41. The van der Waals surface area contributed by atoms with E-state index in [0.717, 1.165) is 102 Å². The zero-order valence-electron chi connectivity index (χ0n) is 22.7. The van der Waals surface area contributed by atoms with Crippen LogP contribution in [-0.2, 0) is 16.7 Å². The molecule has 1 aliphatic carbocycles. The van der Waals surface area contributed by atoms with E-state index in [2.05, 4.69) is 70.4 Å². The number of carbonyl (C=O) groups is 1. The molecule has 2 fully saturated rings. The van der Waals surface area contributed by atoms with Gasteiger partial charge >= 0.3 is 0 Å². The number of piperidine rings is 1. The summed E-state index contributed by atoms with van der Waals surface area (Å²) >= 11 is 0. The molecule has 6 nitrogen and oxygen atoms in total. The van der Waals surface area contributed by atoms with Gasteiger partial charge in [0, 0.05) is 65.4 Å². The molecule has 2 aromatic carbocycles. The molecule has 0 unspecified atom stereocenters. The van der Waals surface area contributed by atoms with Crippen molar-refractivity contribution >= 4 is 29.1 Å². The Morgan fingerprint density at radius 1 is 1.13 bits per heavy atom. The maximum absolute atomic E-state index is 14.0. The first-order valence-electron chi connectivity index (χ1n) is 13.7. The second-order valence-corrected chi connectivity index (χ2v) is 11.2. The number of hydrogen-bond acceptors (Lipinski definition) is 5. The molecule has 0 radical (unpaired) electrons. The lowest BCUT2D eigenvalue weighted by Crippen LogP contribution is -2.49. The smallest absolute Gasteiger partial charge is 0.195 e. The quantitative estimate of drug-likeness (QED) is 0.402. The van der Waals surface area contributed by atoms with Crippen LogP contribution in [0.3, 0.4) is 0 Å². The molecular weight excluding hydrogens is 472 g/mol. The summed E-state index contributed by atoms with van der Waals surface area (Å²) in [7, 11) is 0. The lowest BCUT2D eigenvalue weighted by atomic mass is 9.70. The summed E-state index contributed by atoms with van der Waals surface area (Å²) in [6.45, 7) is 16.2. The van der Waals surface area contributed by atoms with Gasteiger partial charge in [-0.05, 0) is 55.8 Å². The molecular formula is C32H36N4O2. The molecule has 0 spiro atoms. The number of nitrogens with zero attached hydrogens (tertiary/aromatic N) is 3. The Hall–Kier alpha value is -3.40. The van der Waals surface area contributed by atoms with Gasteiger partial charge in [-0.1, -0.05) is 31.9 Å². The minimum Gasteiger partial charge on any atom is -0.379 e. The summed E-state index contributed by atoms with van der Waals surface area (Å²) in [6.07, 6.45) is 2.26. The first-order chi connectivity index (χ1) is 18.4. The number of benzene rings is 2. The monoisotopic (exact) mass is 508 g/mol. The lowest BCUT2D eigenvalue weighted by molar-refractivity contribution is 0.0115. The second-order valence-electron chi connectivity index (χ2n) is 11.2. The highest BCUT2D eigenvalue weighted by Crippen LogP contribution is 2.46. The molecule has 3 aromatic rings. The molecule has 38 heavy (non-hydrogen) atoms. The number of ether oxygens (including phenoxy) is 1. The van der Waals surface area contributed by atoms with Crippen LogP contribution >= 0.6 is 0 Å². The minimum absolute atomic E-state index is 0.0758. The summed E-state index contributed by atoms with van der Waals surface area (Å²) in [5, 5.41) is 0.967. The molecule has 3 aliphatic rings. The van der Waals surface area contributed by atoms with Crippen LogP contribution in [0.25, 0.3) is 10.9 Å². The van der Waals surface area contributed by atoms with E-state index >= 15 is 0 Å². The Kier molecular flexibility index (Phi) is 6.37. The molecule has 0 bridgehead atoms. The number of hydrogen-bond donors (Lipinski definition) is 1. The summed E-state index contributed by atoms with van der Waals surface area (Å²) in [4.78, 5) is 26.7. The van der Waals surface area contributed by atoms with Gasteiger partial charge in [-0.15, -0.1) is 5.92 Å². The van der Waals surface area contributed by atoms with Crippen LogP contribution in [0.2, 0.25) is 0 Å². The summed E-state index contributed by atoms with van der Waals surface area (Å²) in [5.74, 6) is 6.50. The zero-order chi connectivity index (χ0) is 26.4. The molecule has 2 aliphatic heterocycles. The van der Waals surface area contributed by atoms with Crippen molar-refractivity contribution < 1.29 is 9.53 Å². The third-order valence-corrected chi connectivity index (χ3v) is 8.69. The van der Waals surface area contributed by atoms with E-state index in [1.165, 1.54) is 0 Å². The third-order valence-electron chi connectivity index (χ3n) is 8.69. The highest BCUT2D eigenvalue weighted by atomic mass is 16.5. The van der Waals surface area contributed by atoms with Gasteiger partial charge < -0.3 is 14.6 Å². The molecule has 6 rings (SSSR count). The Morgan fingerprint density at radius 3 is 2.61 bits per heavy atom. The number of fused-ring (bicyclic) bond motifs is 4. The Bertz CT molecular complexity index is 1470. The molecule has 3 heterocycles. The van der Waals surface area contributed by atoms with Gasteiger partial charge in [-0.3, -0.25) is 14.7 Å². The molecule has 0 saturated carbocycles. The summed E-state index contributed by atoms with van der Waals surface area (Å²) < 4.78 is 5.56. The van der Waals surface area contributed by atoms with Crippen LogP contribution in [0, 0.1) is 11.8 Å². The number of H-pyrrole nitrogens is 1. The number of anilines is 1. The SMILES string of the molecule is C=NCc1ccc2c3c([nH]c2c1)C(C)(C)c1cc(N2CCC(N4CCOCC4)CC2)c(C#CC)cc1C3=O. The van der Waals surface area contributed by atoms with E-state index in [-0.39, 0.29) is 11.2 Å². The van der Waals surface area contributed by atoms with E-state index in [1.807, 2.05) is 19.1 Å². The Balaban J connectivity index is 1.38. The van der Waals surface area contributed by atoms with Gasteiger partial charge in [-0.2, -0.15) is 0 Å². The van der Waals surface area contributed by atoms with Crippen LogP contribution in [0.1, 0.15) is 71.9 Å². The van der Waals surface area contributed by atoms with E-state index in [9.17, 15) is 4.79 Å². The largest absolute Gasteiger partial charge is 0.379 e. The number of morpholine rings is 1.